The maximum absolute atomic E-state index is 12.2. The second-order valence-electron chi connectivity index (χ2n) is 6.83. The van der Waals surface area contributed by atoms with Crippen molar-refractivity contribution < 1.29 is 4.79 Å². The van der Waals surface area contributed by atoms with Crippen LogP contribution in [0.2, 0.25) is 0 Å². The largest absolute Gasteiger partial charge is 0.354 e. The molecule has 2 heterocycles. The van der Waals surface area contributed by atoms with Crippen molar-refractivity contribution >= 4 is 5.91 Å². The van der Waals surface area contributed by atoms with Gasteiger partial charge >= 0.3 is 0 Å². The van der Waals surface area contributed by atoms with Crippen LogP contribution in [0.15, 0.2) is 12.4 Å². The van der Waals surface area contributed by atoms with Crippen LogP contribution in [0.3, 0.4) is 0 Å². The molecule has 0 atom stereocenters. The summed E-state index contributed by atoms with van der Waals surface area (Å²) in [5.41, 5.74) is 3.41. The van der Waals surface area contributed by atoms with Gasteiger partial charge in [-0.25, -0.2) is 4.98 Å². The highest BCUT2D eigenvalue weighted by molar-refractivity contribution is 5.75. The number of aromatic nitrogens is 4. The van der Waals surface area contributed by atoms with Crippen molar-refractivity contribution in [3.8, 4) is 0 Å². The molecule has 124 valence electrons. The molecule has 0 radical (unpaired) electrons. The Balaban J connectivity index is 1.55. The molecule has 3 rings (SSSR count). The molecule has 6 heteroatoms. The summed E-state index contributed by atoms with van der Waals surface area (Å²) in [7, 11) is 0. The fourth-order valence-corrected chi connectivity index (χ4v) is 2.92. The number of nitrogens with one attached hydrogen (secondary N) is 1. The molecule has 1 N–H and O–H groups in total. The molecule has 1 aliphatic rings. The zero-order valence-electron chi connectivity index (χ0n) is 14.4. The van der Waals surface area contributed by atoms with E-state index < -0.39 is 0 Å². The van der Waals surface area contributed by atoms with Crippen LogP contribution in [0.4, 0.5) is 0 Å². The van der Waals surface area contributed by atoms with Crippen molar-refractivity contribution in [3.05, 3.63) is 35.2 Å². The van der Waals surface area contributed by atoms with Crippen molar-refractivity contribution in [1.82, 2.24) is 24.6 Å². The lowest BCUT2D eigenvalue weighted by Gasteiger charge is -2.18. The maximum atomic E-state index is 12.2. The third-order valence-corrected chi connectivity index (χ3v) is 5.08. The van der Waals surface area contributed by atoms with Gasteiger partial charge in [0.1, 0.15) is 12.4 Å². The molecule has 0 aliphatic heterocycles. The maximum Gasteiger partial charge on any atom is 0.241 e. The third kappa shape index (κ3) is 3.30. The number of aryl methyl sites for hydroxylation is 2. The highest BCUT2D eigenvalue weighted by Crippen LogP contribution is 2.46. The fourth-order valence-electron chi connectivity index (χ4n) is 2.92. The summed E-state index contributed by atoms with van der Waals surface area (Å²) in [6.45, 7) is 9.98. The molecule has 1 amide bonds. The van der Waals surface area contributed by atoms with Crippen LogP contribution in [0.5, 0.6) is 0 Å². The monoisotopic (exact) mass is 315 g/mol. The molecule has 1 aliphatic carbocycles. The zero-order chi connectivity index (χ0) is 16.6. The second-order valence-corrected chi connectivity index (χ2v) is 6.83. The Bertz CT molecular complexity index is 723. The van der Waals surface area contributed by atoms with E-state index in [1.807, 2.05) is 40.1 Å². The normalized spacial score (nSPS) is 15.7. The van der Waals surface area contributed by atoms with E-state index in [0.717, 1.165) is 48.7 Å². The summed E-state index contributed by atoms with van der Waals surface area (Å²) in [6, 6.07) is 0. The Hall–Kier alpha value is -2.11. The summed E-state index contributed by atoms with van der Waals surface area (Å²) in [5.74, 6) is 1.06. The summed E-state index contributed by atoms with van der Waals surface area (Å²) < 4.78 is 3.96. The van der Waals surface area contributed by atoms with Crippen LogP contribution in [-0.4, -0.2) is 31.8 Å². The van der Waals surface area contributed by atoms with E-state index in [0.29, 0.717) is 6.54 Å². The lowest BCUT2D eigenvalue weighted by atomic mass is 10.1. The second kappa shape index (κ2) is 5.83. The molecule has 0 spiro atoms. The van der Waals surface area contributed by atoms with Crippen LogP contribution in [0.1, 0.15) is 35.6 Å². The van der Waals surface area contributed by atoms with E-state index in [2.05, 4.69) is 20.0 Å². The van der Waals surface area contributed by atoms with Crippen molar-refractivity contribution in [3.63, 3.8) is 0 Å². The van der Waals surface area contributed by atoms with Gasteiger partial charge in [-0.05, 0) is 46.1 Å². The number of hydrogen-bond acceptors (Lipinski definition) is 3. The molecule has 0 aromatic carbocycles. The average molecular weight is 315 g/mol. The van der Waals surface area contributed by atoms with Crippen molar-refractivity contribution in [1.29, 1.82) is 0 Å². The molecule has 6 nitrogen and oxygen atoms in total. The van der Waals surface area contributed by atoms with E-state index in [1.54, 1.807) is 4.68 Å². The van der Waals surface area contributed by atoms with E-state index in [4.69, 9.17) is 0 Å². The number of rotatable bonds is 6. The lowest BCUT2D eigenvalue weighted by molar-refractivity contribution is -0.122. The minimum Gasteiger partial charge on any atom is -0.354 e. The number of imidazole rings is 1. The first kappa shape index (κ1) is 15.8. The predicted molar refractivity (Wildman–Crippen MR) is 88.1 cm³/mol. The van der Waals surface area contributed by atoms with Gasteiger partial charge in [0.05, 0.1) is 5.69 Å². The Kier molecular flexibility index (Phi) is 4.00. The van der Waals surface area contributed by atoms with Gasteiger partial charge in [-0.1, -0.05) is 0 Å². The molecule has 2 aromatic rings. The van der Waals surface area contributed by atoms with Crippen molar-refractivity contribution in [2.24, 2.45) is 5.41 Å². The number of amides is 1. The summed E-state index contributed by atoms with van der Waals surface area (Å²) in [4.78, 5) is 16.5. The summed E-state index contributed by atoms with van der Waals surface area (Å²) >= 11 is 0. The minimum absolute atomic E-state index is 0.0317. The van der Waals surface area contributed by atoms with Gasteiger partial charge in [0.15, 0.2) is 0 Å². The number of carbonyl (C=O) groups excluding carboxylic acids is 1. The van der Waals surface area contributed by atoms with Crippen LogP contribution >= 0.6 is 0 Å². The standard InChI is InChI=1S/C17H25N5O/c1-12-13(2)20-22(14(12)3)9-16(23)19-10-17(5-6-17)11-21-8-7-18-15(21)4/h7-8H,5-6,9-11H2,1-4H3,(H,19,23). The van der Waals surface area contributed by atoms with Crippen LogP contribution in [0, 0.1) is 33.1 Å². The molecule has 0 saturated heterocycles. The molecular formula is C17H25N5O. The Labute approximate surface area is 136 Å². The van der Waals surface area contributed by atoms with Gasteiger partial charge in [0.2, 0.25) is 5.91 Å². The Morgan fingerprint density at radius 1 is 1.30 bits per heavy atom. The number of nitrogens with zero attached hydrogens (tertiary/aromatic N) is 4. The molecule has 0 unspecified atom stereocenters. The molecule has 1 saturated carbocycles. The molecule has 1 fully saturated rings. The van der Waals surface area contributed by atoms with Gasteiger partial charge in [-0.3, -0.25) is 9.48 Å². The summed E-state index contributed by atoms with van der Waals surface area (Å²) in [5, 5.41) is 7.51. The first-order valence-corrected chi connectivity index (χ1v) is 8.15. The third-order valence-electron chi connectivity index (χ3n) is 5.08. The van der Waals surface area contributed by atoms with E-state index in [-0.39, 0.29) is 11.3 Å². The highest BCUT2D eigenvalue weighted by Gasteiger charge is 2.43. The van der Waals surface area contributed by atoms with Gasteiger partial charge in [-0.2, -0.15) is 5.10 Å². The molecular weight excluding hydrogens is 290 g/mol. The average Bonchev–Trinajstić information content (AvgIpc) is 3.11. The smallest absolute Gasteiger partial charge is 0.241 e. The quantitative estimate of drug-likeness (QED) is 0.885. The number of carbonyl (C=O) groups is 1. The zero-order valence-corrected chi connectivity index (χ0v) is 14.4. The van der Waals surface area contributed by atoms with Crippen LogP contribution < -0.4 is 5.32 Å². The molecule has 23 heavy (non-hydrogen) atoms. The molecule has 0 bridgehead atoms. The SMILES string of the molecule is Cc1nn(CC(=O)NCC2(Cn3ccnc3C)CC2)c(C)c1C. The first-order valence-electron chi connectivity index (χ1n) is 8.15. The summed E-state index contributed by atoms with van der Waals surface area (Å²) in [6.07, 6.45) is 6.15. The molecule has 2 aromatic heterocycles. The topological polar surface area (TPSA) is 64.7 Å². The predicted octanol–water partition coefficient (Wildman–Crippen LogP) is 1.91. The fraction of sp³-hybridized carbons (Fsp3) is 0.588. The number of hydrogen-bond donors (Lipinski definition) is 1. The Morgan fingerprint density at radius 2 is 2.04 bits per heavy atom. The lowest BCUT2D eigenvalue weighted by Crippen LogP contribution is -2.35. The highest BCUT2D eigenvalue weighted by atomic mass is 16.2. The minimum atomic E-state index is 0.0317. The van der Waals surface area contributed by atoms with E-state index in [1.165, 1.54) is 0 Å². The van der Waals surface area contributed by atoms with E-state index >= 15 is 0 Å². The Morgan fingerprint density at radius 3 is 2.57 bits per heavy atom. The first-order chi connectivity index (χ1) is 10.9. The van der Waals surface area contributed by atoms with Gasteiger partial charge in [0, 0.05) is 36.6 Å². The van der Waals surface area contributed by atoms with Crippen molar-refractivity contribution in [2.45, 2.75) is 53.6 Å². The van der Waals surface area contributed by atoms with E-state index in [9.17, 15) is 4.79 Å². The van der Waals surface area contributed by atoms with Crippen LogP contribution in [-0.2, 0) is 17.9 Å². The van der Waals surface area contributed by atoms with Crippen molar-refractivity contribution in [2.75, 3.05) is 6.54 Å². The van der Waals surface area contributed by atoms with Gasteiger partial charge in [-0.15, -0.1) is 0 Å². The van der Waals surface area contributed by atoms with Gasteiger partial charge in [0.25, 0.3) is 0 Å². The van der Waals surface area contributed by atoms with Gasteiger partial charge < -0.3 is 9.88 Å². The van der Waals surface area contributed by atoms with Crippen LogP contribution in [0.25, 0.3) is 0 Å².